The number of rotatable bonds is 6. The van der Waals surface area contributed by atoms with Crippen molar-refractivity contribution in [3.05, 3.63) is 205 Å². The van der Waals surface area contributed by atoms with E-state index in [-0.39, 0.29) is 11.8 Å². The van der Waals surface area contributed by atoms with Gasteiger partial charge in [0, 0.05) is 52.5 Å². The molecule has 3 aliphatic carbocycles. The molecular weight excluding hydrogens is 652 g/mol. The molecule has 246 valence electrons. The summed E-state index contributed by atoms with van der Waals surface area (Å²) in [4.78, 5) is 8.39. The largest absolute Gasteiger partial charge is 0.309 e. The molecule has 3 nitrogen and oxygen atoms in total. The minimum absolute atomic E-state index is 0.154. The van der Waals surface area contributed by atoms with Crippen molar-refractivity contribution in [2.75, 3.05) is 0 Å². The number of benzene rings is 5. The van der Waals surface area contributed by atoms with Crippen LogP contribution in [0.1, 0.15) is 16.7 Å². The minimum atomic E-state index is -3.14. The third-order valence-electron chi connectivity index (χ3n) is 11.0. The molecule has 52 heavy (non-hydrogen) atoms. The van der Waals surface area contributed by atoms with Crippen molar-refractivity contribution in [1.82, 2.24) is 9.97 Å². The molecule has 4 heteroatoms. The van der Waals surface area contributed by atoms with Gasteiger partial charge in [-0.15, -0.1) is 0 Å². The van der Waals surface area contributed by atoms with Gasteiger partial charge in [-0.05, 0) is 90.7 Å². The predicted molar refractivity (Wildman–Crippen MR) is 216 cm³/mol. The lowest BCUT2D eigenvalue weighted by Gasteiger charge is -2.32. The Morgan fingerprint density at radius 2 is 0.885 bits per heavy atom. The zero-order valence-corrected chi connectivity index (χ0v) is 29.2. The van der Waals surface area contributed by atoms with Crippen LogP contribution in [-0.2, 0) is 4.57 Å². The molecule has 0 aliphatic heterocycles. The van der Waals surface area contributed by atoms with Gasteiger partial charge >= 0.3 is 0 Å². The molecule has 0 spiro atoms. The first kappa shape index (κ1) is 30.7. The van der Waals surface area contributed by atoms with Gasteiger partial charge in [0.15, 0.2) is 7.14 Å². The third-order valence-corrected chi connectivity index (χ3v) is 14.0. The molecule has 0 radical (unpaired) electrons. The van der Waals surface area contributed by atoms with E-state index in [0.29, 0.717) is 0 Å². The Balaban J connectivity index is 1.16. The number of nitrogens with zero attached hydrogens (tertiary/aromatic N) is 2. The SMILES string of the molecule is O=P(c1ccncc1)(c1ccncc1)c1ccc(C2=CC=C3c4c(c(-c5ccccc5)c5ccccc5c4-c4ccccc4)C4=CC=CC2C43)cc1. The van der Waals surface area contributed by atoms with Crippen LogP contribution < -0.4 is 15.9 Å². The lowest BCUT2D eigenvalue weighted by molar-refractivity contribution is 0.592. The molecule has 2 aromatic heterocycles. The number of hydrogen-bond donors (Lipinski definition) is 0. The van der Waals surface area contributed by atoms with Crippen LogP contribution in [0.5, 0.6) is 0 Å². The van der Waals surface area contributed by atoms with Crippen LogP contribution in [0.4, 0.5) is 0 Å². The number of pyridine rings is 2. The normalized spacial score (nSPS) is 17.2. The van der Waals surface area contributed by atoms with Gasteiger partial charge in [0.2, 0.25) is 0 Å². The van der Waals surface area contributed by atoms with Crippen molar-refractivity contribution in [1.29, 1.82) is 0 Å². The lowest BCUT2D eigenvalue weighted by Crippen LogP contribution is -2.25. The Labute approximate surface area is 303 Å². The molecule has 0 fully saturated rings. The maximum atomic E-state index is 15.1. The molecule has 3 aliphatic rings. The number of hydrogen-bond acceptors (Lipinski definition) is 3. The highest BCUT2D eigenvalue weighted by molar-refractivity contribution is 7.85. The number of aromatic nitrogens is 2. The summed E-state index contributed by atoms with van der Waals surface area (Å²) in [6, 6.07) is 46.5. The Bertz CT molecular complexity index is 2630. The maximum absolute atomic E-state index is 15.1. The van der Waals surface area contributed by atoms with E-state index in [9.17, 15) is 0 Å². The van der Waals surface area contributed by atoms with Crippen molar-refractivity contribution >= 4 is 50.5 Å². The molecule has 2 atom stereocenters. The Morgan fingerprint density at radius 1 is 0.423 bits per heavy atom. The second kappa shape index (κ2) is 12.3. The molecule has 10 rings (SSSR count). The zero-order chi connectivity index (χ0) is 34.6. The van der Waals surface area contributed by atoms with E-state index in [2.05, 4.69) is 150 Å². The van der Waals surface area contributed by atoms with Crippen LogP contribution in [0, 0.1) is 11.8 Å². The summed E-state index contributed by atoms with van der Waals surface area (Å²) < 4.78 is 15.1. The molecule has 5 aromatic carbocycles. The highest BCUT2D eigenvalue weighted by Gasteiger charge is 2.44. The second-order valence-corrected chi connectivity index (χ2v) is 16.4. The first-order valence-corrected chi connectivity index (χ1v) is 19.4. The summed E-state index contributed by atoms with van der Waals surface area (Å²) in [5.41, 5.74) is 12.9. The van der Waals surface area contributed by atoms with Crippen LogP contribution in [-0.4, -0.2) is 9.97 Å². The van der Waals surface area contributed by atoms with E-state index in [0.717, 1.165) is 21.5 Å². The Morgan fingerprint density at radius 3 is 1.42 bits per heavy atom. The summed E-state index contributed by atoms with van der Waals surface area (Å²) in [5.74, 6) is 0.335. The molecule has 2 heterocycles. The Hall–Kier alpha value is -6.15. The van der Waals surface area contributed by atoms with Gasteiger partial charge in [0.1, 0.15) is 0 Å². The number of fused-ring (bicyclic) bond motifs is 4. The minimum Gasteiger partial charge on any atom is -0.309 e. The molecule has 2 unspecified atom stereocenters. The van der Waals surface area contributed by atoms with Crippen LogP contribution >= 0.6 is 7.14 Å². The fraction of sp³-hybridized carbons (Fsp3) is 0.0417. The Kier molecular flexibility index (Phi) is 7.23. The molecule has 0 saturated heterocycles. The highest BCUT2D eigenvalue weighted by Crippen LogP contribution is 2.61. The zero-order valence-electron chi connectivity index (χ0n) is 28.3. The van der Waals surface area contributed by atoms with Crippen molar-refractivity contribution in [3.8, 4) is 22.3 Å². The van der Waals surface area contributed by atoms with Gasteiger partial charge in [0.05, 0.1) is 0 Å². The van der Waals surface area contributed by atoms with E-state index in [4.69, 9.17) is 0 Å². The quantitative estimate of drug-likeness (QED) is 0.164. The lowest BCUT2D eigenvalue weighted by atomic mass is 9.71. The third kappa shape index (κ3) is 4.63. The average Bonchev–Trinajstić information content (AvgIpc) is 3.56. The van der Waals surface area contributed by atoms with E-state index >= 15 is 4.57 Å². The molecule has 7 aromatic rings. The average molecular weight is 685 g/mol. The molecule has 0 saturated carbocycles. The van der Waals surface area contributed by atoms with Crippen molar-refractivity contribution in [2.24, 2.45) is 11.8 Å². The van der Waals surface area contributed by atoms with Crippen molar-refractivity contribution in [3.63, 3.8) is 0 Å². The maximum Gasteiger partial charge on any atom is 0.171 e. The van der Waals surface area contributed by atoms with E-state index in [1.807, 2.05) is 24.3 Å². The molecular formula is C48H33N2OP. The fourth-order valence-electron chi connectivity index (χ4n) is 8.74. The van der Waals surface area contributed by atoms with E-state index in [1.165, 1.54) is 60.9 Å². The van der Waals surface area contributed by atoms with Crippen LogP contribution in [0.3, 0.4) is 0 Å². The molecule has 0 bridgehead atoms. The summed E-state index contributed by atoms with van der Waals surface area (Å²) in [5, 5.41) is 4.86. The summed E-state index contributed by atoms with van der Waals surface area (Å²) >= 11 is 0. The fourth-order valence-corrected chi connectivity index (χ4v) is 11.3. The van der Waals surface area contributed by atoms with Crippen molar-refractivity contribution in [2.45, 2.75) is 0 Å². The monoisotopic (exact) mass is 684 g/mol. The first-order valence-electron chi connectivity index (χ1n) is 17.7. The summed E-state index contributed by atoms with van der Waals surface area (Å²) in [6.07, 6.45) is 18.5. The van der Waals surface area contributed by atoms with Gasteiger partial charge < -0.3 is 4.57 Å². The van der Waals surface area contributed by atoms with Gasteiger partial charge in [-0.2, -0.15) is 0 Å². The van der Waals surface area contributed by atoms with Crippen LogP contribution in [0.2, 0.25) is 0 Å². The van der Waals surface area contributed by atoms with Gasteiger partial charge in [0.25, 0.3) is 0 Å². The smallest absolute Gasteiger partial charge is 0.171 e. The van der Waals surface area contributed by atoms with Gasteiger partial charge in [-0.25, -0.2) is 0 Å². The highest BCUT2D eigenvalue weighted by atomic mass is 31.2. The van der Waals surface area contributed by atoms with Gasteiger partial charge in [-0.1, -0.05) is 140 Å². The predicted octanol–water partition coefficient (Wildman–Crippen LogP) is 10.3. The number of allylic oxidation sites excluding steroid dienone is 8. The first-order chi connectivity index (χ1) is 25.7. The van der Waals surface area contributed by atoms with Crippen molar-refractivity contribution < 1.29 is 4.57 Å². The second-order valence-electron chi connectivity index (χ2n) is 13.6. The van der Waals surface area contributed by atoms with Crippen LogP contribution in [0.25, 0.3) is 49.7 Å². The standard InChI is InChI=1S/C48H33N2OP/c51-52(36-24-28-49-29-25-36,37-26-30-50-31-27-37)35-20-18-32(19-21-35)38-22-23-43-46-39(38)16-9-17-42(46)47-44(33-10-3-1-4-11-33)40-14-7-8-15-41(40)45(48(43)47)34-12-5-2-6-13-34/h1-31,39,46H. The molecule has 0 amide bonds. The van der Waals surface area contributed by atoms with Gasteiger partial charge in [-0.3, -0.25) is 9.97 Å². The van der Waals surface area contributed by atoms with Crippen LogP contribution in [0.15, 0.2) is 189 Å². The summed E-state index contributed by atoms with van der Waals surface area (Å²) in [6.45, 7) is 0. The molecule has 0 N–H and O–H groups in total. The van der Waals surface area contributed by atoms with E-state index in [1.54, 1.807) is 24.8 Å². The topological polar surface area (TPSA) is 42.9 Å². The summed E-state index contributed by atoms with van der Waals surface area (Å²) in [7, 11) is -3.14. The van der Waals surface area contributed by atoms with E-state index < -0.39 is 7.14 Å².